The number of rotatable bonds is 9. The average Bonchev–Trinajstić information content (AvgIpc) is 3.65. The van der Waals surface area contributed by atoms with Crippen LogP contribution in [0.5, 0.6) is 0 Å². The fourth-order valence-electron chi connectivity index (χ4n) is 5.35. The van der Waals surface area contributed by atoms with Crippen LogP contribution in [0.25, 0.3) is 10.8 Å². The van der Waals surface area contributed by atoms with E-state index in [1.54, 1.807) is 6.20 Å². The second-order valence-electron chi connectivity index (χ2n) is 9.50. The van der Waals surface area contributed by atoms with Crippen molar-refractivity contribution >= 4 is 61.2 Å². The molecule has 202 valence electrons. The monoisotopic (exact) mass is 557 g/mol. The summed E-state index contributed by atoms with van der Waals surface area (Å²) in [6, 6.07) is 3.48. The van der Waals surface area contributed by atoms with Crippen molar-refractivity contribution in [1.29, 1.82) is 0 Å². The zero-order chi connectivity index (χ0) is 27.0. The predicted octanol–water partition coefficient (Wildman–Crippen LogP) is 2.33. The molecule has 2 saturated heterocycles. The lowest BCUT2D eigenvalue weighted by Crippen LogP contribution is -2.48. The fourth-order valence-corrected chi connectivity index (χ4v) is 7.17. The molecule has 2 aromatic heterocycles. The molecule has 38 heavy (non-hydrogen) atoms. The molecule has 0 saturated carbocycles. The Kier molecular flexibility index (Phi) is 7.50. The number of nitrogens with two attached hydrogens (primary N) is 1. The number of pyridine rings is 1. The second kappa shape index (κ2) is 10.8. The summed E-state index contributed by atoms with van der Waals surface area (Å²) < 4.78 is 25.6. The van der Waals surface area contributed by atoms with Crippen LogP contribution in [0.3, 0.4) is 0 Å². The number of thiazole rings is 1. The van der Waals surface area contributed by atoms with Gasteiger partial charge in [0.2, 0.25) is 5.91 Å². The highest BCUT2D eigenvalue weighted by Crippen LogP contribution is 2.36. The molecule has 13 heteroatoms. The number of benzene rings is 1. The van der Waals surface area contributed by atoms with Gasteiger partial charge >= 0.3 is 5.97 Å². The number of amides is 1. The first-order valence-corrected chi connectivity index (χ1v) is 14.4. The molecule has 1 unspecified atom stereocenters. The van der Waals surface area contributed by atoms with E-state index in [1.807, 2.05) is 25.1 Å². The van der Waals surface area contributed by atoms with Gasteiger partial charge in [0, 0.05) is 48.9 Å². The minimum atomic E-state index is -2.73. The van der Waals surface area contributed by atoms with Gasteiger partial charge in [-0.3, -0.25) is 13.3 Å². The molecule has 11 nitrogen and oxygen atoms in total. The van der Waals surface area contributed by atoms with Gasteiger partial charge in [0.05, 0.1) is 6.20 Å². The smallest absolute Gasteiger partial charge is 0.326 e. The third kappa shape index (κ3) is 4.93. The Morgan fingerprint density at radius 1 is 1.29 bits per heavy atom. The number of aromatic nitrogens is 2. The van der Waals surface area contributed by atoms with E-state index in [9.17, 15) is 23.5 Å². The Balaban J connectivity index is 1.40. The van der Waals surface area contributed by atoms with Gasteiger partial charge in [-0.25, -0.2) is 14.8 Å². The molecule has 3 atom stereocenters. The van der Waals surface area contributed by atoms with Crippen LogP contribution in [0.1, 0.15) is 37.3 Å². The molecule has 0 radical (unpaired) electrons. The van der Waals surface area contributed by atoms with Crippen LogP contribution in [0.2, 0.25) is 0 Å². The van der Waals surface area contributed by atoms with Crippen LogP contribution in [0, 0.1) is 0 Å². The number of aliphatic carboxylic acids is 1. The maximum Gasteiger partial charge on any atom is 0.326 e. The van der Waals surface area contributed by atoms with E-state index < -0.39 is 35.2 Å². The Bertz CT molecular complexity index is 1390. The molecular formula is C25H29N6O5S2-. The van der Waals surface area contributed by atoms with Crippen molar-refractivity contribution in [3.8, 4) is 0 Å². The molecule has 2 fully saturated rings. The molecular weight excluding hydrogens is 528 g/mol. The number of carbonyl (C=O) groups excluding carboxylic acids is 1. The van der Waals surface area contributed by atoms with Crippen LogP contribution in [-0.2, 0) is 33.7 Å². The molecule has 1 aromatic carbocycles. The topological polar surface area (TPSA) is 156 Å². The largest absolute Gasteiger partial charge is 0.755 e. The minimum absolute atomic E-state index is 0.0925. The summed E-state index contributed by atoms with van der Waals surface area (Å²) in [5.41, 5.74) is 7.76. The van der Waals surface area contributed by atoms with Gasteiger partial charge in [-0.15, -0.1) is 0 Å². The Hall–Kier alpha value is -3.29. The second-order valence-corrected chi connectivity index (χ2v) is 11.3. The number of nitrogen functional groups attached to an aromatic ring is 1. The Morgan fingerprint density at radius 3 is 2.74 bits per heavy atom. The molecule has 1 amide bonds. The van der Waals surface area contributed by atoms with E-state index in [2.05, 4.69) is 14.9 Å². The number of carbonyl (C=O) groups is 2. The molecule has 2 aliphatic rings. The number of nitrogens with zero attached hydrogens (tertiary/aromatic N) is 5. The summed E-state index contributed by atoms with van der Waals surface area (Å²) in [6.07, 6.45) is 6.12. The third-order valence-corrected chi connectivity index (χ3v) is 9.25. The number of likely N-dealkylation sites (tertiary alicyclic amines) is 1. The molecule has 2 aliphatic heterocycles. The maximum atomic E-state index is 13.5. The average molecular weight is 558 g/mol. The van der Waals surface area contributed by atoms with E-state index >= 15 is 0 Å². The number of aryl methyl sites for hydroxylation is 1. The standard InChI is InChI=1S/C25H30N6O5S2/c1-2-15-12-18-16(5-7-27-22(18)26)11-17(15)13-20(24(33)34)30-10-6-19(23(30)32)31(38(35)36)21-14-28-25(37-21)29-8-3-4-9-29/h5,7,11-12,14,19-20H,2-4,6,8-10,13H2,1H3,(H2,26,27)(H,33,34)(H,35,36)/p-1/t19-,20+/m0/s1. The minimum Gasteiger partial charge on any atom is -0.755 e. The molecule has 3 N–H and O–H groups in total. The fraction of sp³-hybridized carbons (Fsp3) is 0.440. The van der Waals surface area contributed by atoms with E-state index in [4.69, 9.17) is 5.73 Å². The summed E-state index contributed by atoms with van der Waals surface area (Å²) >= 11 is -1.50. The van der Waals surface area contributed by atoms with Crippen molar-refractivity contribution in [2.24, 2.45) is 0 Å². The van der Waals surface area contributed by atoms with Crippen molar-refractivity contribution in [2.75, 3.05) is 34.6 Å². The highest BCUT2D eigenvalue weighted by atomic mass is 32.2. The van der Waals surface area contributed by atoms with Crippen molar-refractivity contribution in [1.82, 2.24) is 14.9 Å². The zero-order valence-electron chi connectivity index (χ0n) is 20.9. The van der Waals surface area contributed by atoms with Gasteiger partial charge in [0.1, 0.15) is 22.9 Å². The lowest BCUT2D eigenvalue weighted by atomic mass is 9.94. The molecule has 5 rings (SSSR count). The van der Waals surface area contributed by atoms with Gasteiger partial charge in [0.25, 0.3) is 0 Å². The van der Waals surface area contributed by atoms with E-state index in [0.29, 0.717) is 17.2 Å². The number of fused-ring (bicyclic) bond motifs is 1. The normalized spacial score (nSPS) is 19.3. The van der Waals surface area contributed by atoms with E-state index in [0.717, 1.165) is 57.3 Å². The van der Waals surface area contributed by atoms with Crippen molar-refractivity contribution < 1.29 is 23.5 Å². The molecule has 0 bridgehead atoms. The summed E-state index contributed by atoms with van der Waals surface area (Å²) in [4.78, 5) is 37.8. The predicted molar refractivity (Wildman–Crippen MR) is 146 cm³/mol. The Labute approximate surface area is 226 Å². The quantitative estimate of drug-likeness (QED) is 0.377. The van der Waals surface area contributed by atoms with Crippen LogP contribution < -0.4 is 14.9 Å². The van der Waals surface area contributed by atoms with Crippen LogP contribution >= 0.6 is 11.3 Å². The van der Waals surface area contributed by atoms with Crippen LogP contribution in [0.15, 0.2) is 30.6 Å². The number of anilines is 3. The third-order valence-electron chi connectivity index (χ3n) is 7.30. The van der Waals surface area contributed by atoms with Crippen LogP contribution in [0.4, 0.5) is 16.0 Å². The first-order valence-electron chi connectivity index (χ1n) is 12.6. The van der Waals surface area contributed by atoms with Crippen LogP contribution in [-0.4, -0.2) is 72.3 Å². The SMILES string of the molecule is CCc1cc2c(N)nccc2cc1C[C@H](C(=O)O)N1CC[C@H](N(c2cnc(N3CCCC3)s2)S(=O)[O-])C1=O. The molecule has 0 aliphatic carbocycles. The number of carboxylic acids is 1. The van der Waals surface area contributed by atoms with Gasteiger partial charge in [-0.1, -0.05) is 24.3 Å². The van der Waals surface area contributed by atoms with Gasteiger partial charge in [0.15, 0.2) is 5.13 Å². The first-order chi connectivity index (χ1) is 18.3. The molecule has 3 aromatic rings. The van der Waals surface area contributed by atoms with E-state index in [1.165, 1.54) is 22.4 Å². The lowest BCUT2D eigenvalue weighted by Gasteiger charge is -2.31. The molecule has 4 heterocycles. The number of hydrogen-bond acceptors (Lipinski definition) is 9. The summed E-state index contributed by atoms with van der Waals surface area (Å²) in [5, 5.41) is 12.8. The summed E-state index contributed by atoms with van der Waals surface area (Å²) in [5.74, 6) is -1.26. The van der Waals surface area contributed by atoms with Gasteiger partial charge < -0.3 is 25.2 Å². The van der Waals surface area contributed by atoms with Crippen molar-refractivity contribution in [3.63, 3.8) is 0 Å². The highest BCUT2D eigenvalue weighted by molar-refractivity contribution is 7.81. The summed E-state index contributed by atoms with van der Waals surface area (Å²) in [6.45, 7) is 3.83. The number of hydrogen-bond donors (Lipinski definition) is 2. The highest BCUT2D eigenvalue weighted by Gasteiger charge is 2.43. The lowest BCUT2D eigenvalue weighted by molar-refractivity contribution is -0.148. The zero-order valence-corrected chi connectivity index (χ0v) is 22.5. The Morgan fingerprint density at radius 2 is 2.05 bits per heavy atom. The van der Waals surface area contributed by atoms with E-state index in [-0.39, 0.29) is 19.4 Å². The van der Waals surface area contributed by atoms with Crippen molar-refractivity contribution in [2.45, 2.75) is 51.1 Å². The maximum absolute atomic E-state index is 13.5. The molecule has 0 spiro atoms. The van der Waals surface area contributed by atoms with Gasteiger partial charge in [-0.2, -0.15) is 0 Å². The number of carboxylic acid groups (broad SMARTS) is 1. The van der Waals surface area contributed by atoms with Crippen molar-refractivity contribution in [3.05, 3.63) is 41.7 Å². The first kappa shape index (κ1) is 26.3. The van der Waals surface area contributed by atoms with Gasteiger partial charge in [-0.05, 0) is 54.3 Å². The summed E-state index contributed by atoms with van der Waals surface area (Å²) in [7, 11) is 0.